The third kappa shape index (κ3) is 4.11. The molecule has 4 nitrogen and oxygen atoms in total. The number of amides is 1. The quantitative estimate of drug-likeness (QED) is 0.666. The van der Waals surface area contributed by atoms with E-state index in [4.69, 9.17) is 0 Å². The lowest BCUT2D eigenvalue weighted by Crippen LogP contribution is -2.30. The van der Waals surface area contributed by atoms with E-state index in [2.05, 4.69) is 10.3 Å². The van der Waals surface area contributed by atoms with Crippen LogP contribution in [0.3, 0.4) is 0 Å². The van der Waals surface area contributed by atoms with Gasteiger partial charge in [0.15, 0.2) is 11.6 Å². The summed E-state index contributed by atoms with van der Waals surface area (Å²) >= 11 is 0. The number of hydrogen-bond donors (Lipinski definition) is 2. The van der Waals surface area contributed by atoms with Crippen LogP contribution in [0.5, 0.6) is 5.75 Å². The highest BCUT2D eigenvalue weighted by atomic mass is 19.2. The minimum absolute atomic E-state index is 0.0965. The van der Waals surface area contributed by atoms with Gasteiger partial charge < -0.3 is 10.4 Å². The Morgan fingerprint density at radius 1 is 1.11 bits per heavy atom. The summed E-state index contributed by atoms with van der Waals surface area (Å²) < 4.78 is 27.3. The maximum absolute atomic E-state index is 13.8. The molecule has 1 unspecified atom stereocenters. The highest BCUT2D eigenvalue weighted by molar-refractivity contribution is 5.86. The number of aryl methyl sites for hydroxylation is 1. The Balaban J connectivity index is 2.12. The largest absolute Gasteiger partial charge is 0.505 e. The van der Waals surface area contributed by atoms with E-state index in [1.165, 1.54) is 6.07 Å². The first-order valence-electron chi connectivity index (χ1n) is 9.09. The summed E-state index contributed by atoms with van der Waals surface area (Å²) in [6, 6.07) is 9.70. The van der Waals surface area contributed by atoms with Crippen molar-refractivity contribution < 1.29 is 18.7 Å². The molecule has 6 heteroatoms. The van der Waals surface area contributed by atoms with Crippen LogP contribution in [0.2, 0.25) is 0 Å². The first-order chi connectivity index (χ1) is 13.3. The Bertz CT molecular complexity index is 1030. The third-order valence-electron chi connectivity index (χ3n) is 4.49. The predicted octanol–water partition coefficient (Wildman–Crippen LogP) is 4.78. The minimum atomic E-state index is -1.02. The summed E-state index contributed by atoms with van der Waals surface area (Å²) in [5.41, 5.74) is 1.82. The van der Waals surface area contributed by atoms with Gasteiger partial charge in [0.05, 0.1) is 6.04 Å². The summed E-state index contributed by atoms with van der Waals surface area (Å²) in [6.45, 7) is 5.63. The van der Waals surface area contributed by atoms with E-state index in [-0.39, 0.29) is 24.0 Å². The van der Waals surface area contributed by atoms with Crippen molar-refractivity contribution in [3.63, 3.8) is 0 Å². The van der Waals surface area contributed by atoms with Crippen LogP contribution in [-0.2, 0) is 4.79 Å². The maximum Gasteiger partial charge on any atom is 0.221 e. The summed E-state index contributed by atoms with van der Waals surface area (Å²) in [4.78, 5) is 16.8. The van der Waals surface area contributed by atoms with E-state index in [0.717, 1.165) is 23.2 Å². The minimum Gasteiger partial charge on any atom is -0.505 e. The Morgan fingerprint density at radius 2 is 1.82 bits per heavy atom. The molecule has 0 spiro atoms. The summed E-state index contributed by atoms with van der Waals surface area (Å²) in [6.07, 6.45) is 0.270. The normalized spacial score (nSPS) is 12.4. The standard InChI is InChI=1S/C22H22F2N2O2/c1-12(2)10-19(27)26-20(15-7-9-17(23)18(24)11-15)16-8-6-14-5-4-13(3)25-21(14)22(16)28/h4-9,11-12,20,28H,10H2,1-3H3,(H,26,27). The lowest BCUT2D eigenvalue weighted by Gasteiger charge is -2.22. The maximum atomic E-state index is 13.8. The summed E-state index contributed by atoms with van der Waals surface area (Å²) in [5, 5.41) is 14.4. The van der Waals surface area contributed by atoms with Gasteiger partial charge in [-0.1, -0.05) is 38.1 Å². The van der Waals surface area contributed by atoms with Crippen LogP contribution in [0.1, 0.15) is 43.1 Å². The molecule has 146 valence electrons. The van der Waals surface area contributed by atoms with Crippen LogP contribution in [0.15, 0.2) is 42.5 Å². The second-order valence-electron chi connectivity index (χ2n) is 7.30. The highest BCUT2D eigenvalue weighted by Crippen LogP contribution is 2.35. The van der Waals surface area contributed by atoms with Gasteiger partial charge in [0, 0.05) is 23.1 Å². The Hall–Kier alpha value is -3.02. The van der Waals surface area contributed by atoms with Crippen LogP contribution in [0, 0.1) is 24.5 Å². The molecule has 1 atom stereocenters. The number of aromatic nitrogens is 1. The first kappa shape index (κ1) is 19.7. The van der Waals surface area contributed by atoms with Gasteiger partial charge in [-0.25, -0.2) is 13.8 Å². The zero-order chi connectivity index (χ0) is 20.4. The van der Waals surface area contributed by atoms with Crippen molar-refractivity contribution in [2.24, 2.45) is 5.92 Å². The molecule has 0 bridgehead atoms. The average Bonchev–Trinajstić information content (AvgIpc) is 2.63. The van der Waals surface area contributed by atoms with Crippen molar-refractivity contribution in [3.8, 4) is 5.75 Å². The van der Waals surface area contributed by atoms with Crippen molar-refractivity contribution in [1.82, 2.24) is 10.3 Å². The number of fused-ring (bicyclic) bond motifs is 1. The Morgan fingerprint density at radius 3 is 2.50 bits per heavy atom. The number of phenols is 1. The smallest absolute Gasteiger partial charge is 0.221 e. The molecular weight excluding hydrogens is 362 g/mol. The van der Waals surface area contributed by atoms with Crippen LogP contribution in [0.25, 0.3) is 10.9 Å². The van der Waals surface area contributed by atoms with Gasteiger partial charge in [0.2, 0.25) is 5.91 Å². The van der Waals surface area contributed by atoms with E-state index in [0.29, 0.717) is 16.6 Å². The Labute approximate surface area is 162 Å². The van der Waals surface area contributed by atoms with Crippen molar-refractivity contribution in [1.29, 1.82) is 0 Å². The summed E-state index contributed by atoms with van der Waals surface area (Å²) in [7, 11) is 0. The molecular formula is C22H22F2N2O2. The molecule has 3 aromatic rings. The number of benzene rings is 2. The van der Waals surface area contributed by atoms with Crippen molar-refractivity contribution in [2.75, 3.05) is 0 Å². The van der Waals surface area contributed by atoms with Gasteiger partial charge in [-0.3, -0.25) is 4.79 Å². The second-order valence-corrected chi connectivity index (χ2v) is 7.30. The fourth-order valence-corrected chi connectivity index (χ4v) is 3.14. The van der Waals surface area contributed by atoms with E-state index < -0.39 is 17.7 Å². The molecule has 2 N–H and O–H groups in total. The first-order valence-corrected chi connectivity index (χ1v) is 9.09. The molecule has 0 fully saturated rings. The molecule has 0 saturated carbocycles. The lowest BCUT2D eigenvalue weighted by molar-refractivity contribution is -0.122. The van der Waals surface area contributed by atoms with Gasteiger partial charge >= 0.3 is 0 Å². The van der Waals surface area contributed by atoms with Crippen LogP contribution in [-0.4, -0.2) is 16.0 Å². The number of aromatic hydroxyl groups is 1. The van der Waals surface area contributed by atoms with E-state index >= 15 is 0 Å². The lowest BCUT2D eigenvalue weighted by atomic mass is 9.95. The zero-order valence-corrected chi connectivity index (χ0v) is 16.0. The molecule has 0 aliphatic heterocycles. The van der Waals surface area contributed by atoms with Crippen molar-refractivity contribution in [3.05, 3.63) is 70.9 Å². The number of pyridine rings is 1. The van der Waals surface area contributed by atoms with Crippen LogP contribution >= 0.6 is 0 Å². The number of carbonyl (C=O) groups excluding carboxylic acids is 1. The highest BCUT2D eigenvalue weighted by Gasteiger charge is 2.23. The van der Waals surface area contributed by atoms with Crippen LogP contribution in [0.4, 0.5) is 8.78 Å². The SMILES string of the molecule is Cc1ccc2ccc(C(NC(=O)CC(C)C)c3ccc(F)c(F)c3)c(O)c2n1. The zero-order valence-electron chi connectivity index (χ0n) is 16.0. The molecule has 28 heavy (non-hydrogen) atoms. The van der Waals surface area contributed by atoms with E-state index in [9.17, 15) is 18.7 Å². The van der Waals surface area contributed by atoms with Crippen molar-refractivity contribution >= 4 is 16.8 Å². The number of nitrogens with zero attached hydrogens (tertiary/aromatic N) is 1. The number of nitrogens with one attached hydrogen (secondary N) is 1. The van der Waals surface area contributed by atoms with Gasteiger partial charge in [0.25, 0.3) is 0 Å². The molecule has 0 aliphatic rings. The average molecular weight is 384 g/mol. The molecule has 3 rings (SSSR count). The third-order valence-corrected chi connectivity index (χ3v) is 4.49. The van der Waals surface area contributed by atoms with Crippen molar-refractivity contribution in [2.45, 2.75) is 33.2 Å². The topological polar surface area (TPSA) is 62.2 Å². The van der Waals surface area contributed by atoms with E-state index in [1.807, 2.05) is 32.9 Å². The van der Waals surface area contributed by atoms with Gasteiger partial charge in [-0.15, -0.1) is 0 Å². The Kier molecular flexibility index (Phi) is 5.58. The summed E-state index contributed by atoms with van der Waals surface area (Å²) in [5.74, 6) is -2.21. The number of carbonyl (C=O) groups is 1. The molecule has 1 aromatic heterocycles. The number of phenolic OH excluding ortho intramolecular Hbond substituents is 1. The van der Waals surface area contributed by atoms with Gasteiger partial charge in [-0.05, 0) is 36.6 Å². The molecule has 0 aliphatic carbocycles. The van der Waals surface area contributed by atoms with Crippen LogP contribution < -0.4 is 5.32 Å². The molecule has 1 amide bonds. The fourth-order valence-electron chi connectivity index (χ4n) is 3.14. The molecule has 1 heterocycles. The second kappa shape index (κ2) is 7.92. The van der Waals surface area contributed by atoms with Gasteiger partial charge in [0.1, 0.15) is 11.3 Å². The number of halogens is 2. The fraction of sp³-hybridized carbons (Fsp3) is 0.273. The van der Waals surface area contributed by atoms with E-state index in [1.54, 1.807) is 12.1 Å². The van der Waals surface area contributed by atoms with Gasteiger partial charge in [-0.2, -0.15) is 0 Å². The number of hydrogen-bond acceptors (Lipinski definition) is 3. The molecule has 0 radical (unpaired) electrons. The number of rotatable bonds is 5. The molecule has 2 aromatic carbocycles. The monoisotopic (exact) mass is 384 g/mol. The molecule has 0 saturated heterocycles. The predicted molar refractivity (Wildman–Crippen MR) is 104 cm³/mol.